The minimum atomic E-state index is -0.0941. The Morgan fingerprint density at radius 1 is 0.338 bits per heavy atom. The fourth-order valence-corrected chi connectivity index (χ4v) is 6.67. The van der Waals surface area contributed by atoms with E-state index in [2.05, 4.69) is 167 Å². The van der Waals surface area contributed by atoms with Gasteiger partial charge in [-0.1, -0.05) is 0 Å². The van der Waals surface area contributed by atoms with Crippen LogP contribution in [-0.2, 0) is 56.3 Å². The van der Waals surface area contributed by atoms with E-state index in [0.29, 0.717) is 24.2 Å². The van der Waals surface area contributed by atoms with E-state index in [1.807, 2.05) is 28.2 Å². The van der Waals surface area contributed by atoms with Crippen molar-refractivity contribution in [1.82, 2.24) is 44.1 Å². The Morgan fingerprint density at radius 3 is 0.815 bits per heavy atom. The van der Waals surface area contributed by atoms with Crippen molar-refractivity contribution in [3.8, 4) is 0 Å². The van der Waals surface area contributed by atoms with E-state index in [-0.39, 0.29) is 18.5 Å². The molecular weight excluding hydrogens is 847 g/mol. The molecular formula is C44H73N9O12. The second-order valence-corrected chi connectivity index (χ2v) is 14.8. The van der Waals surface area contributed by atoms with Gasteiger partial charge in [0.05, 0.1) is 0 Å². The Bertz CT molecular complexity index is 1160. The fraction of sp³-hybridized carbons (Fsp3) is 0.727. The second kappa shape index (κ2) is 60.3. The summed E-state index contributed by atoms with van der Waals surface area (Å²) in [5.41, 5.74) is 0. The molecule has 0 aromatic rings. The minimum absolute atomic E-state index is 0.0478. The SMILES string of the molecule is CC1CCN(C)CCC(C)N(C)C(C=O)N1C.CC1CN(C)CC(C)N(C)C(C=O)N1C.CN1CCCN(C)C(C=O)N(C)CCC1.[C-]#[O+].[C-]#[O+].[C-]#[O+].[C-]#[O+].[C-]#[O+].[C-]#[O+].[C-]#[O+].[C-]#[O+].[C-]#[O+]. The first-order valence-corrected chi connectivity index (χ1v) is 19.6. The molecule has 21 nitrogen and oxygen atoms in total. The summed E-state index contributed by atoms with van der Waals surface area (Å²) >= 11 is 0. The summed E-state index contributed by atoms with van der Waals surface area (Å²) in [6.07, 6.45) is 7.40. The summed E-state index contributed by atoms with van der Waals surface area (Å²) in [5.74, 6) is 0. The quantitative estimate of drug-likeness (QED) is 0.216. The van der Waals surface area contributed by atoms with Crippen molar-refractivity contribution in [2.45, 2.75) is 96.0 Å². The van der Waals surface area contributed by atoms with Crippen LogP contribution in [-0.4, -0.2) is 221 Å². The number of hydrogen-bond donors (Lipinski definition) is 0. The number of rotatable bonds is 3. The van der Waals surface area contributed by atoms with Gasteiger partial charge in [-0.2, -0.15) is 0 Å². The molecule has 3 rings (SSSR count). The number of nitrogens with zero attached hydrogens (tertiary/aromatic N) is 9. The van der Waals surface area contributed by atoms with Gasteiger partial charge in [-0.15, -0.1) is 0 Å². The van der Waals surface area contributed by atoms with E-state index in [1.165, 1.54) is 0 Å². The predicted molar refractivity (Wildman–Crippen MR) is 230 cm³/mol. The molecule has 0 aromatic carbocycles. The molecule has 0 radical (unpaired) electrons. The van der Waals surface area contributed by atoms with Crippen LogP contribution in [0.5, 0.6) is 0 Å². The summed E-state index contributed by atoms with van der Waals surface area (Å²) in [7, 11) is 18.7. The van der Waals surface area contributed by atoms with Crippen molar-refractivity contribution in [1.29, 1.82) is 0 Å². The molecule has 21 heteroatoms. The first-order chi connectivity index (χ1) is 31.1. The topological polar surface area (TPSA) is 259 Å². The maximum atomic E-state index is 11.3. The Balaban J connectivity index is -0.0000000878. The van der Waals surface area contributed by atoms with E-state index in [0.717, 1.165) is 96.9 Å². The molecule has 0 spiro atoms. The summed E-state index contributed by atoms with van der Waals surface area (Å²) in [6.45, 7) is 57.7. The maximum absolute atomic E-state index is 11.3. The number of likely N-dealkylation sites (N-methyl/N-ethyl adjacent to an activating group) is 7. The van der Waals surface area contributed by atoms with Gasteiger partial charge in [-0.3, -0.25) is 29.4 Å². The van der Waals surface area contributed by atoms with Crippen LogP contribution in [0.3, 0.4) is 0 Å². The number of aldehydes is 3. The van der Waals surface area contributed by atoms with E-state index >= 15 is 0 Å². The van der Waals surface area contributed by atoms with Crippen molar-refractivity contribution in [3.63, 3.8) is 0 Å². The number of hydrogen-bond acceptors (Lipinski definition) is 12. The van der Waals surface area contributed by atoms with Crippen LogP contribution in [0.1, 0.15) is 53.4 Å². The van der Waals surface area contributed by atoms with Gasteiger partial charge in [-0.05, 0) is 143 Å². The molecule has 65 heavy (non-hydrogen) atoms. The molecule has 366 valence electrons. The second-order valence-electron chi connectivity index (χ2n) is 14.8. The van der Waals surface area contributed by atoms with Crippen molar-refractivity contribution >= 4 is 18.9 Å². The van der Waals surface area contributed by atoms with Gasteiger partial charge >= 0.3 is 102 Å². The number of carbonyl (C=O) groups excluding carboxylic acids is 3. The third kappa shape index (κ3) is 39.2. The zero-order chi connectivity index (χ0) is 53.8. The van der Waals surface area contributed by atoms with E-state index in [9.17, 15) is 14.4 Å². The molecule has 3 heterocycles. The summed E-state index contributed by atoms with van der Waals surface area (Å²) in [6, 6.07) is 1.67. The molecule has 3 fully saturated rings. The van der Waals surface area contributed by atoms with Crippen LogP contribution in [0.2, 0.25) is 0 Å². The molecule has 0 aliphatic carbocycles. The Morgan fingerprint density at radius 2 is 0.569 bits per heavy atom. The standard InChI is InChI=1S/C13H27N3O.2C11H23N3O.9CO/c1-11-6-8-14(3)9-7-12(2)16(5)13(10-17)15(11)4;1-9-6-12(3)7-10(2)14(5)11(8-15)13(9)4;1-12-6-4-8-13(2)11(10-15)14(3)9-5-7-12;9*1-2/h10-13H,6-9H2,1-5H3;8-11H,6-7H2,1-5H3;10-11H,4-9H2,1-3H3;;;;;;;;;. The molecule has 3 aliphatic heterocycles. The zero-order valence-electron chi connectivity index (χ0n) is 40.7. The first-order valence-electron chi connectivity index (χ1n) is 19.6. The van der Waals surface area contributed by atoms with Crippen LogP contribution in [0, 0.1) is 59.9 Å². The third-order valence-corrected chi connectivity index (χ3v) is 10.8. The predicted octanol–water partition coefficient (Wildman–Crippen LogP) is 0.738. The monoisotopic (exact) mass is 920 g/mol. The summed E-state index contributed by atoms with van der Waals surface area (Å²) < 4.78 is 67.5. The number of carbonyl (C=O) groups is 3. The van der Waals surface area contributed by atoms with Gasteiger partial charge in [0.15, 0.2) is 18.9 Å². The molecule has 0 bridgehead atoms. The summed E-state index contributed by atoms with van der Waals surface area (Å²) in [4.78, 5) is 53.4. The van der Waals surface area contributed by atoms with Gasteiger partial charge in [0.25, 0.3) is 0 Å². The van der Waals surface area contributed by atoms with Crippen molar-refractivity contribution < 1.29 is 56.3 Å². The van der Waals surface area contributed by atoms with Crippen molar-refractivity contribution in [2.24, 2.45) is 0 Å². The molecule has 0 amide bonds. The average Bonchev–Trinajstić information content (AvgIpc) is 3.35. The van der Waals surface area contributed by atoms with Gasteiger partial charge < -0.3 is 29.1 Å². The third-order valence-electron chi connectivity index (χ3n) is 10.8. The van der Waals surface area contributed by atoms with Crippen LogP contribution < -0.4 is 0 Å². The van der Waals surface area contributed by atoms with Gasteiger partial charge in [-0.25, -0.2) is 0 Å². The fourth-order valence-electron chi connectivity index (χ4n) is 6.67. The molecule has 0 N–H and O–H groups in total. The molecule has 3 saturated heterocycles. The molecule has 4 unspecified atom stereocenters. The first kappa shape index (κ1) is 81.5. The molecule has 0 saturated carbocycles. The van der Waals surface area contributed by atoms with E-state index in [4.69, 9.17) is 41.9 Å². The molecule has 0 aromatic heterocycles. The Hall–Kier alpha value is -3.69. The Kier molecular flexibility index (Phi) is 75.6. The molecule has 3 aliphatic rings. The van der Waals surface area contributed by atoms with Crippen LogP contribution >= 0.6 is 0 Å². The zero-order valence-corrected chi connectivity index (χ0v) is 40.7. The van der Waals surface area contributed by atoms with E-state index in [1.54, 1.807) is 0 Å². The molecule has 4 atom stereocenters. The Labute approximate surface area is 390 Å². The van der Waals surface area contributed by atoms with E-state index < -0.39 is 0 Å². The van der Waals surface area contributed by atoms with Gasteiger partial charge in [0.2, 0.25) is 0 Å². The van der Waals surface area contributed by atoms with Crippen LogP contribution in [0.15, 0.2) is 0 Å². The van der Waals surface area contributed by atoms with Gasteiger partial charge in [0, 0.05) is 50.3 Å². The van der Waals surface area contributed by atoms with Crippen LogP contribution in [0.4, 0.5) is 0 Å². The van der Waals surface area contributed by atoms with Crippen molar-refractivity contribution in [3.05, 3.63) is 59.9 Å². The van der Waals surface area contributed by atoms with Crippen molar-refractivity contribution in [2.75, 3.05) is 116 Å². The van der Waals surface area contributed by atoms with Gasteiger partial charge in [0.1, 0.15) is 18.5 Å². The van der Waals surface area contributed by atoms with Crippen LogP contribution in [0.25, 0.3) is 0 Å². The summed E-state index contributed by atoms with van der Waals surface area (Å²) in [5, 5.41) is 0. The average molecular weight is 920 g/mol. The normalized spacial score (nSPS) is 24.0.